The molecule has 19 heavy (non-hydrogen) atoms. The molecule has 0 bridgehead atoms. The Labute approximate surface area is 114 Å². The monoisotopic (exact) mass is 271 g/mol. The maximum Gasteiger partial charge on any atom is 0.308 e. The number of aliphatic carboxylic acids is 1. The summed E-state index contributed by atoms with van der Waals surface area (Å²) in [4.78, 5) is 22.1. The molecular weight excluding hydrogens is 246 g/mol. The number of hydrogen-bond donors (Lipinski definition) is 2. The highest BCUT2D eigenvalue weighted by molar-refractivity contribution is 5.72. The van der Waals surface area contributed by atoms with Crippen LogP contribution in [0.15, 0.2) is 0 Å². The lowest BCUT2D eigenvalue weighted by molar-refractivity contribution is -0.149. The van der Waals surface area contributed by atoms with Gasteiger partial charge in [-0.2, -0.15) is 0 Å². The van der Waals surface area contributed by atoms with Gasteiger partial charge in [0.15, 0.2) is 0 Å². The van der Waals surface area contributed by atoms with E-state index in [9.17, 15) is 9.59 Å². The van der Waals surface area contributed by atoms with E-state index in [-0.39, 0.29) is 24.3 Å². The van der Waals surface area contributed by atoms with Crippen molar-refractivity contribution in [1.82, 2.24) is 5.32 Å². The highest BCUT2D eigenvalue weighted by Crippen LogP contribution is 2.25. The van der Waals surface area contributed by atoms with Crippen molar-refractivity contribution >= 4 is 11.9 Å². The molecule has 1 atom stereocenters. The van der Waals surface area contributed by atoms with Gasteiger partial charge in [-0.1, -0.05) is 0 Å². The molecule has 0 heterocycles. The summed E-state index contributed by atoms with van der Waals surface area (Å²) < 4.78 is 5.04. The zero-order chi connectivity index (χ0) is 14.3. The van der Waals surface area contributed by atoms with Gasteiger partial charge >= 0.3 is 11.9 Å². The smallest absolute Gasteiger partial charge is 0.308 e. The second-order valence-corrected chi connectivity index (χ2v) is 5.30. The molecule has 0 saturated heterocycles. The largest absolute Gasteiger partial charge is 0.481 e. The van der Waals surface area contributed by atoms with E-state index < -0.39 is 5.97 Å². The number of carboxylic acids is 1. The van der Waals surface area contributed by atoms with Crippen LogP contribution in [-0.2, 0) is 14.3 Å². The summed E-state index contributed by atoms with van der Waals surface area (Å²) >= 11 is 0. The predicted octanol–water partition coefficient (Wildman–Crippen LogP) is 1.95. The highest BCUT2D eigenvalue weighted by atomic mass is 16.5. The first-order valence-electron chi connectivity index (χ1n) is 7.17. The van der Waals surface area contributed by atoms with Crippen LogP contribution in [0.1, 0.15) is 52.4 Å². The lowest BCUT2D eigenvalue weighted by Gasteiger charge is -2.30. The van der Waals surface area contributed by atoms with Crippen LogP contribution in [-0.4, -0.2) is 35.7 Å². The van der Waals surface area contributed by atoms with E-state index in [4.69, 9.17) is 9.84 Å². The van der Waals surface area contributed by atoms with Gasteiger partial charge in [-0.25, -0.2) is 0 Å². The number of carbonyl (C=O) groups is 2. The van der Waals surface area contributed by atoms with E-state index in [2.05, 4.69) is 5.32 Å². The molecule has 1 aliphatic rings. The van der Waals surface area contributed by atoms with E-state index in [1.807, 2.05) is 13.8 Å². The first-order chi connectivity index (χ1) is 9.02. The topological polar surface area (TPSA) is 75.6 Å². The fourth-order valence-corrected chi connectivity index (χ4v) is 2.58. The Hall–Kier alpha value is -1.10. The van der Waals surface area contributed by atoms with E-state index >= 15 is 0 Å². The molecule has 2 N–H and O–H groups in total. The summed E-state index contributed by atoms with van der Waals surface area (Å²) in [6.45, 7) is 4.29. The predicted molar refractivity (Wildman–Crippen MR) is 71.8 cm³/mol. The van der Waals surface area contributed by atoms with Crippen LogP contribution in [0.4, 0.5) is 0 Å². The summed E-state index contributed by atoms with van der Waals surface area (Å²) in [5.41, 5.74) is 0. The zero-order valence-electron chi connectivity index (χ0n) is 11.9. The first kappa shape index (κ1) is 16.0. The number of carbonyl (C=O) groups excluding carboxylic acids is 1. The van der Waals surface area contributed by atoms with E-state index in [1.54, 1.807) is 0 Å². The normalized spacial score (nSPS) is 24.7. The van der Waals surface area contributed by atoms with Crippen LogP contribution in [0.25, 0.3) is 0 Å². The molecule has 1 fully saturated rings. The molecule has 1 saturated carbocycles. The lowest BCUT2D eigenvalue weighted by Crippen LogP contribution is -2.40. The fourth-order valence-electron chi connectivity index (χ4n) is 2.58. The Balaban J connectivity index is 2.22. The van der Waals surface area contributed by atoms with Crippen molar-refractivity contribution in [2.45, 2.75) is 64.5 Å². The standard InChI is InChI=1S/C14H25NO4/c1-3-19-14(18)11-5-7-12(8-6-11)15-10(2)4-9-13(16)17/h10-12,15H,3-9H2,1-2H3,(H,16,17). The lowest BCUT2D eigenvalue weighted by atomic mass is 9.85. The number of nitrogens with one attached hydrogen (secondary N) is 1. The Morgan fingerprint density at radius 3 is 2.47 bits per heavy atom. The second kappa shape index (κ2) is 8.15. The Bertz CT molecular complexity index is 298. The van der Waals surface area contributed by atoms with Crippen LogP contribution in [0.2, 0.25) is 0 Å². The van der Waals surface area contributed by atoms with Crippen LogP contribution in [0.5, 0.6) is 0 Å². The molecule has 0 aromatic carbocycles. The Morgan fingerprint density at radius 1 is 1.32 bits per heavy atom. The first-order valence-corrected chi connectivity index (χ1v) is 7.17. The van der Waals surface area contributed by atoms with Gasteiger partial charge < -0.3 is 15.2 Å². The summed E-state index contributed by atoms with van der Waals surface area (Å²) in [6.07, 6.45) is 4.49. The quantitative estimate of drug-likeness (QED) is 0.692. The fraction of sp³-hybridized carbons (Fsp3) is 0.857. The van der Waals surface area contributed by atoms with Crippen LogP contribution in [0.3, 0.4) is 0 Å². The maximum absolute atomic E-state index is 11.6. The van der Waals surface area contributed by atoms with Crippen LogP contribution in [0, 0.1) is 5.92 Å². The van der Waals surface area contributed by atoms with E-state index in [0.29, 0.717) is 19.1 Å². The summed E-state index contributed by atoms with van der Waals surface area (Å²) in [6, 6.07) is 0.606. The molecular formula is C14H25NO4. The minimum Gasteiger partial charge on any atom is -0.481 e. The highest BCUT2D eigenvalue weighted by Gasteiger charge is 2.27. The summed E-state index contributed by atoms with van der Waals surface area (Å²) in [5, 5.41) is 12.1. The molecule has 0 radical (unpaired) electrons. The van der Waals surface area contributed by atoms with Gasteiger partial charge in [-0.3, -0.25) is 9.59 Å². The van der Waals surface area contributed by atoms with E-state index in [0.717, 1.165) is 25.7 Å². The molecule has 0 amide bonds. The minimum absolute atomic E-state index is 0.0484. The SMILES string of the molecule is CCOC(=O)C1CCC(NC(C)CCC(=O)O)CC1. The molecule has 5 nitrogen and oxygen atoms in total. The molecule has 0 aliphatic heterocycles. The van der Waals surface area contributed by atoms with Crippen molar-refractivity contribution in [3.05, 3.63) is 0 Å². The third-order valence-corrected chi connectivity index (χ3v) is 3.66. The molecule has 0 aromatic rings. The molecule has 0 aromatic heterocycles. The number of esters is 1. The van der Waals surface area contributed by atoms with Gasteiger partial charge in [0.2, 0.25) is 0 Å². The summed E-state index contributed by atoms with van der Waals surface area (Å²) in [5.74, 6) is -0.771. The number of rotatable bonds is 7. The van der Waals surface area contributed by atoms with Gasteiger partial charge in [0.1, 0.15) is 0 Å². The second-order valence-electron chi connectivity index (χ2n) is 5.30. The number of ether oxygens (including phenoxy) is 1. The van der Waals surface area contributed by atoms with Crippen molar-refractivity contribution in [3.8, 4) is 0 Å². The van der Waals surface area contributed by atoms with Gasteiger partial charge in [-0.05, 0) is 46.0 Å². The average Bonchev–Trinajstić information content (AvgIpc) is 2.37. The summed E-state index contributed by atoms with van der Waals surface area (Å²) in [7, 11) is 0. The van der Waals surface area contributed by atoms with E-state index in [1.165, 1.54) is 0 Å². The van der Waals surface area contributed by atoms with Crippen molar-refractivity contribution in [2.75, 3.05) is 6.61 Å². The van der Waals surface area contributed by atoms with Gasteiger partial charge in [0.25, 0.3) is 0 Å². The number of carboxylic acid groups (broad SMARTS) is 1. The molecule has 110 valence electrons. The molecule has 1 rings (SSSR count). The van der Waals surface area contributed by atoms with Gasteiger partial charge in [-0.15, -0.1) is 0 Å². The van der Waals surface area contributed by atoms with Crippen LogP contribution < -0.4 is 5.32 Å². The number of hydrogen-bond acceptors (Lipinski definition) is 4. The van der Waals surface area contributed by atoms with Crippen molar-refractivity contribution in [3.63, 3.8) is 0 Å². The Kier molecular flexibility index (Phi) is 6.84. The third-order valence-electron chi connectivity index (χ3n) is 3.66. The maximum atomic E-state index is 11.6. The van der Waals surface area contributed by atoms with Crippen LogP contribution >= 0.6 is 0 Å². The van der Waals surface area contributed by atoms with Gasteiger partial charge in [0.05, 0.1) is 12.5 Å². The zero-order valence-corrected chi connectivity index (χ0v) is 11.9. The van der Waals surface area contributed by atoms with Crippen molar-refractivity contribution in [1.29, 1.82) is 0 Å². The van der Waals surface area contributed by atoms with Crippen molar-refractivity contribution < 1.29 is 19.4 Å². The molecule has 5 heteroatoms. The minimum atomic E-state index is -0.750. The molecule has 1 unspecified atom stereocenters. The average molecular weight is 271 g/mol. The molecule has 1 aliphatic carbocycles. The van der Waals surface area contributed by atoms with Gasteiger partial charge in [0, 0.05) is 18.5 Å². The third kappa shape index (κ3) is 6.05. The van der Waals surface area contributed by atoms with Crippen molar-refractivity contribution in [2.24, 2.45) is 5.92 Å². The Morgan fingerprint density at radius 2 is 1.95 bits per heavy atom. The molecule has 0 spiro atoms.